The molecule has 20 heavy (non-hydrogen) atoms. The van der Waals surface area contributed by atoms with Crippen LogP contribution in [0.2, 0.25) is 0 Å². The second kappa shape index (κ2) is 5.63. The van der Waals surface area contributed by atoms with Crippen molar-refractivity contribution >= 4 is 0 Å². The lowest BCUT2D eigenvalue weighted by molar-refractivity contribution is 0.512. The van der Waals surface area contributed by atoms with E-state index in [1.807, 2.05) is 0 Å². The fourth-order valence-electron chi connectivity index (χ4n) is 2.16. The van der Waals surface area contributed by atoms with E-state index in [2.05, 4.69) is 5.32 Å². The van der Waals surface area contributed by atoms with Gasteiger partial charge in [-0.25, -0.2) is 17.6 Å². The topological polar surface area (TPSA) is 12.0 Å². The molecular formula is C15H13F4N. The molecule has 2 aromatic carbocycles. The van der Waals surface area contributed by atoms with Crippen molar-refractivity contribution in [1.82, 2.24) is 5.32 Å². The van der Waals surface area contributed by atoms with Crippen molar-refractivity contribution < 1.29 is 17.6 Å². The van der Waals surface area contributed by atoms with Gasteiger partial charge in [-0.15, -0.1) is 0 Å². The van der Waals surface area contributed by atoms with Gasteiger partial charge in [-0.2, -0.15) is 0 Å². The average Bonchev–Trinajstić information content (AvgIpc) is 2.38. The first-order chi connectivity index (χ1) is 9.43. The fourth-order valence-corrected chi connectivity index (χ4v) is 2.16. The van der Waals surface area contributed by atoms with Crippen molar-refractivity contribution in [2.24, 2.45) is 0 Å². The third-order valence-electron chi connectivity index (χ3n) is 3.12. The Morgan fingerprint density at radius 1 is 0.950 bits per heavy atom. The van der Waals surface area contributed by atoms with Crippen molar-refractivity contribution in [2.45, 2.75) is 13.0 Å². The zero-order chi connectivity index (χ0) is 14.9. The molecule has 0 aliphatic carbocycles. The molecule has 0 amide bonds. The summed E-state index contributed by atoms with van der Waals surface area (Å²) in [4.78, 5) is 0. The minimum Gasteiger partial charge on any atom is -0.309 e. The molecule has 0 radical (unpaired) electrons. The normalized spacial score (nSPS) is 12.5. The predicted octanol–water partition coefficient (Wildman–Crippen LogP) is 3.86. The summed E-state index contributed by atoms with van der Waals surface area (Å²) < 4.78 is 54.5. The summed E-state index contributed by atoms with van der Waals surface area (Å²) >= 11 is 0. The lowest BCUT2D eigenvalue weighted by Gasteiger charge is -2.19. The molecule has 2 aromatic rings. The van der Waals surface area contributed by atoms with Gasteiger partial charge in [-0.05, 0) is 43.3 Å². The summed E-state index contributed by atoms with van der Waals surface area (Å²) in [6, 6.07) is 4.27. The minimum absolute atomic E-state index is 0.119. The molecule has 106 valence electrons. The second-order valence-corrected chi connectivity index (χ2v) is 4.52. The number of rotatable bonds is 3. The summed E-state index contributed by atoms with van der Waals surface area (Å²) in [5, 5.41) is 2.68. The SMILES string of the molecule is CNC(c1cc(F)cc(F)c1)c1c(F)ccc(C)c1F. The summed E-state index contributed by atoms with van der Waals surface area (Å²) in [6.07, 6.45) is 0. The summed E-state index contributed by atoms with van der Waals surface area (Å²) in [5.41, 5.74) is 0.129. The highest BCUT2D eigenvalue weighted by Gasteiger charge is 2.22. The van der Waals surface area contributed by atoms with Gasteiger partial charge in [0.05, 0.1) is 6.04 Å². The van der Waals surface area contributed by atoms with Crippen LogP contribution in [0.25, 0.3) is 0 Å². The maximum atomic E-state index is 14.1. The predicted molar refractivity (Wildman–Crippen MR) is 68.4 cm³/mol. The lowest BCUT2D eigenvalue weighted by Crippen LogP contribution is -2.21. The maximum absolute atomic E-state index is 14.1. The molecule has 0 heterocycles. The van der Waals surface area contributed by atoms with Gasteiger partial charge in [0.25, 0.3) is 0 Å². The first-order valence-electron chi connectivity index (χ1n) is 6.01. The molecule has 1 unspecified atom stereocenters. The third-order valence-corrected chi connectivity index (χ3v) is 3.12. The molecule has 1 N–H and O–H groups in total. The van der Waals surface area contributed by atoms with Crippen LogP contribution in [-0.4, -0.2) is 7.05 Å². The van der Waals surface area contributed by atoms with E-state index in [4.69, 9.17) is 0 Å². The Morgan fingerprint density at radius 3 is 2.10 bits per heavy atom. The largest absolute Gasteiger partial charge is 0.309 e. The van der Waals surface area contributed by atoms with Gasteiger partial charge >= 0.3 is 0 Å². The van der Waals surface area contributed by atoms with Crippen LogP contribution < -0.4 is 5.32 Å². The third kappa shape index (κ3) is 2.67. The Kier molecular flexibility index (Phi) is 4.09. The van der Waals surface area contributed by atoms with Crippen molar-refractivity contribution in [3.63, 3.8) is 0 Å². The van der Waals surface area contributed by atoms with E-state index >= 15 is 0 Å². The zero-order valence-corrected chi connectivity index (χ0v) is 11.0. The molecule has 0 fully saturated rings. The second-order valence-electron chi connectivity index (χ2n) is 4.52. The molecular weight excluding hydrogens is 270 g/mol. The van der Waals surface area contributed by atoms with Gasteiger partial charge in [0.2, 0.25) is 0 Å². The molecule has 1 atom stereocenters. The van der Waals surface area contributed by atoms with Crippen LogP contribution in [0.4, 0.5) is 17.6 Å². The summed E-state index contributed by atoms with van der Waals surface area (Å²) in [7, 11) is 1.47. The summed E-state index contributed by atoms with van der Waals surface area (Å²) in [5.74, 6) is -3.09. The van der Waals surface area contributed by atoms with E-state index < -0.39 is 29.3 Å². The van der Waals surface area contributed by atoms with E-state index in [1.54, 1.807) is 0 Å². The number of nitrogens with one attached hydrogen (secondary N) is 1. The number of benzene rings is 2. The molecule has 0 saturated carbocycles. The highest BCUT2D eigenvalue weighted by atomic mass is 19.1. The van der Waals surface area contributed by atoms with E-state index in [9.17, 15) is 17.6 Å². The average molecular weight is 283 g/mol. The van der Waals surface area contributed by atoms with Crippen LogP contribution in [0, 0.1) is 30.2 Å². The van der Waals surface area contributed by atoms with Crippen LogP contribution in [0.15, 0.2) is 30.3 Å². The van der Waals surface area contributed by atoms with Crippen molar-refractivity contribution in [1.29, 1.82) is 0 Å². The Bertz CT molecular complexity index is 620. The van der Waals surface area contributed by atoms with Gasteiger partial charge < -0.3 is 5.32 Å². The molecule has 0 bridgehead atoms. The van der Waals surface area contributed by atoms with Crippen LogP contribution in [0.3, 0.4) is 0 Å². The lowest BCUT2D eigenvalue weighted by atomic mass is 9.96. The van der Waals surface area contributed by atoms with Gasteiger partial charge in [-0.3, -0.25) is 0 Å². The first kappa shape index (κ1) is 14.5. The van der Waals surface area contributed by atoms with Crippen LogP contribution in [-0.2, 0) is 0 Å². The van der Waals surface area contributed by atoms with Crippen molar-refractivity contribution in [3.8, 4) is 0 Å². The molecule has 1 nitrogen and oxygen atoms in total. The zero-order valence-electron chi connectivity index (χ0n) is 11.0. The summed E-state index contributed by atoms with van der Waals surface area (Å²) in [6.45, 7) is 1.50. The minimum atomic E-state index is -0.972. The molecule has 0 saturated heterocycles. The Morgan fingerprint density at radius 2 is 1.55 bits per heavy atom. The Labute approximate surface area is 114 Å². The van der Waals surface area contributed by atoms with Crippen molar-refractivity contribution in [3.05, 3.63) is 70.3 Å². The molecule has 5 heteroatoms. The van der Waals surface area contributed by atoms with E-state index in [1.165, 1.54) is 20.0 Å². The van der Waals surface area contributed by atoms with E-state index in [-0.39, 0.29) is 16.7 Å². The number of hydrogen-bond donors (Lipinski definition) is 1. The number of hydrogen-bond acceptors (Lipinski definition) is 1. The maximum Gasteiger partial charge on any atom is 0.134 e. The Balaban J connectivity index is 2.61. The van der Waals surface area contributed by atoms with Gasteiger partial charge in [0.15, 0.2) is 0 Å². The van der Waals surface area contributed by atoms with Gasteiger partial charge in [0, 0.05) is 11.6 Å². The standard InChI is InChI=1S/C15H13F4N/c1-8-3-4-12(18)13(14(8)19)15(20-2)9-5-10(16)7-11(17)6-9/h3-7,15,20H,1-2H3. The monoisotopic (exact) mass is 283 g/mol. The molecule has 2 rings (SSSR count). The van der Waals surface area contributed by atoms with E-state index in [0.717, 1.165) is 18.2 Å². The van der Waals surface area contributed by atoms with Crippen molar-refractivity contribution in [2.75, 3.05) is 7.05 Å². The highest BCUT2D eigenvalue weighted by Crippen LogP contribution is 2.29. The smallest absolute Gasteiger partial charge is 0.134 e. The van der Waals surface area contributed by atoms with Crippen LogP contribution in [0.1, 0.15) is 22.7 Å². The van der Waals surface area contributed by atoms with Gasteiger partial charge in [0.1, 0.15) is 23.3 Å². The van der Waals surface area contributed by atoms with Crippen LogP contribution >= 0.6 is 0 Å². The first-order valence-corrected chi connectivity index (χ1v) is 6.01. The van der Waals surface area contributed by atoms with E-state index in [0.29, 0.717) is 6.07 Å². The number of aryl methyl sites for hydroxylation is 1. The fraction of sp³-hybridized carbons (Fsp3) is 0.200. The number of halogens is 4. The quantitative estimate of drug-likeness (QED) is 0.843. The van der Waals surface area contributed by atoms with Gasteiger partial charge in [-0.1, -0.05) is 6.07 Å². The molecule has 0 aliphatic rings. The molecule has 0 aliphatic heterocycles. The molecule has 0 aromatic heterocycles. The Hall–Kier alpha value is -1.88. The highest BCUT2D eigenvalue weighted by molar-refractivity contribution is 5.36. The molecule has 0 spiro atoms. The van der Waals surface area contributed by atoms with Crippen LogP contribution in [0.5, 0.6) is 0 Å².